The maximum absolute atomic E-state index is 12.3. The van der Waals surface area contributed by atoms with Gasteiger partial charge in [0, 0.05) is 38.9 Å². The summed E-state index contributed by atoms with van der Waals surface area (Å²) in [6.07, 6.45) is 8.29. The molecule has 2 fully saturated rings. The van der Waals surface area contributed by atoms with Crippen molar-refractivity contribution in [2.45, 2.75) is 38.6 Å². The van der Waals surface area contributed by atoms with Crippen molar-refractivity contribution in [3.05, 3.63) is 18.2 Å². The normalized spacial score (nSPS) is 22.0. The Labute approximate surface area is 120 Å². The zero-order chi connectivity index (χ0) is 14.2. The van der Waals surface area contributed by atoms with Crippen molar-refractivity contribution in [1.82, 2.24) is 19.8 Å². The molecule has 1 aliphatic carbocycles. The lowest BCUT2D eigenvalue weighted by molar-refractivity contribution is 0.0599. The van der Waals surface area contributed by atoms with Gasteiger partial charge < -0.3 is 14.8 Å². The average Bonchev–Trinajstić information content (AvgIpc) is 3.17. The minimum absolute atomic E-state index is 0.0720. The number of carbonyl (C=O) groups excluding carboxylic acids is 1. The third-order valence-electron chi connectivity index (χ3n) is 4.58. The molecule has 20 heavy (non-hydrogen) atoms. The molecule has 0 atom stereocenters. The second-order valence-corrected chi connectivity index (χ2v) is 6.68. The lowest BCUT2D eigenvalue weighted by Crippen LogP contribution is -2.46. The van der Waals surface area contributed by atoms with Crippen LogP contribution in [0.2, 0.25) is 0 Å². The summed E-state index contributed by atoms with van der Waals surface area (Å²) in [5, 5.41) is 3.63. The minimum Gasteiger partial charge on any atom is -0.340 e. The molecular formula is C15H24N4O. The largest absolute Gasteiger partial charge is 0.340 e. The number of nitrogens with one attached hydrogen (secondary N) is 1. The number of aryl methyl sites for hydroxylation is 1. The molecule has 2 heterocycles. The number of amides is 1. The molecule has 2 aliphatic rings. The van der Waals surface area contributed by atoms with Crippen LogP contribution in [0.3, 0.4) is 0 Å². The molecule has 110 valence electrons. The molecule has 1 saturated heterocycles. The highest BCUT2D eigenvalue weighted by molar-refractivity contribution is 5.92. The SMILES string of the molecule is Cn1cnc(C(=O)N2CCC(C)(CNC3CC3)CC2)c1. The zero-order valence-electron chi connectivity index (χ0n) is 12.4. The first-order valence-electron chi connectivity index (χ1n) is 7.56. The van der Waals surface area contributed by atoms with Crippen LogP contribution in [-0.2, 0) is 7.05 Å². The van der Waals surface area contributed by atoms with Gasteiger partial charge in [-0.1, -0.05) is 6.92 Å². The number of piperidine rings is 1. The van der Waals surface area contributed by atoms with E-state index < -0.39 is 0 Å². The van der Waals surface area contributed by atoms with Gasteiger partial charge in [0.25, 0.3) is 5.91 Å². The van der Waals surface area contributed by atoms with E-state index in [2.05, 4.69) is 17.2 Å². The maximum atomic E-state index is 12.3. The first kappa shape index (κ1) is 13.6. The van der Waals surface area contributed by atoms with Gasteiger partial charge in [0.2, 0.25) is 0 Å². The predicted molar refractivity (Wildman–Crippen MR) is 77.5 cm³/mol. The number of nitrogens with zero attached hydrogens (tertiary/aromatic N) is 3. The van der Waals surface area contributed by atoms with E-state index in [0.29, 0.717) is 11.1 Å². The third kappa shape index (κ3) is 3.03. The summed E-state index contributed by atoms with van der Waals surface area (Å²) in [6, 6.07) is 0.764. The van der Waals surface area contributed by atoms with E-state index >= 15 is 0 Å². The third-order valence-corrected chi connectivity index (χ3v) is 4.58. The van der Waals surface area contributed by atoms with E-state index in [1.54, 1.807) is 12.5 Å². The molecule has 3 rings (SSSR count). The fraction of sp³-hybridized carbons (Fsp3) is 0.733. The van der Waals surface area contributed by atoms with Crippen LogP contribution in [0.1, 0.15) is 43.1 Å². The van der Waals surface area contributed by atoms with Crippen LogP contribution >= 0.6 is 0 Å². The number of hydrogen-bond acceptors (Lipinski definition) is 3. The lowest BCUT2D eigenvalue weighted by Gasteiger charge is -2.39. The maximum Gasteiger partial charge on any atom is 0.274 e. The van der Waals surface area contributed by atoms with Crippen molar-refractivity contribution < 1.29 is 4.79 Å². The first-order valence-corrected chi connectivity index (χ1v) is 7.56. The second-order valence-electron chi connectivity index (χ2n) is 6.68. The van der Waals surface area contributed by atoms with Crippen LogP contribution < -0.4 is 5.32 Å². The van der Waals surface area contributed by atoms with Crippen molar-refractivity contribution in [2.75, 3.05) is 19.6 Å². The molecule has 0 spiro atoms. The number of likely N-dealkylation sites (tertiary alicyclic amines) is 1. The van der Waals surface area contributed by atoms with E-state index in [4.69, 9.17) is 0 Å². The Balaban J connectivity index is 1.53. The Hall–Kier alpha value is -1.36. The van der Waals surface area contributed by atoms with E-state index in [-0.39, 0.29) is 5.91 Å². The highest BCUT2D eigenvalue weighted by atomic mass is 16.2. The van der Waals surface area contributed by atoms with Gasteiger partial charge in [-0.25, -0.2) is 4.98 Å². The second kappa shape index (κ2) is 5.20. The van der Waals surface area contributed by atoms with E-state index in [1.807, 2.05) is 16.5 Å². The quantitative estimate of drug-likeness (QED) is 0.904. The van der Waals surface area contributed by atoms with Crippen molar-refractivity contribution >= 4 is 5.91 Å². The van der Waals surface area contributed by atoms with Crippen LogP contribution in [0.4, 0.5) is 0 Å². The highest BCUT2D eigenvalue weighted by Gasteiger charge is 2.34. The average molecular weight is 276 g/mol. The summed E-state index contributed by atoms with van der Waals surface area (Å²) in [5.41, 5.74) is 0.899. The van der Waals surface area contributed by atoms with E-state index in [1.165, 1.54) is 12.8 Å². The highest BCUT2D eigenvalue weighted by Crippen LogP contribution is 2.32. The molecule has 1 aromatic heterocycles. The van der Waals surface area contributed by atoms with Gasteiger partial charge in [0.15, 0.2) is 0 Å². The fourth-order valence-corrected chi connectivity index (χ4v) is 2.79. The number of aromatic nitrogens is 2. The molecule has 1 saturated carbocycles. The molecule has 1 aromatic rings. The summed E-state index contributed by atoms with van der Waals surface area (Å²) in [7, 11) is 1.89. The van der Waals surface area contributed by atoms with Gasteiger partial charge in [-0.05, 0) is 31.1 Å². The van der Waals surface area contributed by atoms with E-state index in [9.17, 15) is 4.79 Å². The molecule has 0 bridgehead atoms. The van der Waals surface area contributed by atoms with Crippen LogP contribution in [0.5, 0.6) is 0 Å². The number of rotatable bonds is 4. The monoisotopic (exact) mass is 276 g/mol. The molecule has 0 radical (unpaired) electrons. The molecule has 1 N–H and O–H groups in total. The Bertz CT molecular complexity index is 484. The smallest absolute Gasteiger partial charge is 0.274 e. The van der Waals surface area contributed by atoms with Crippen molar-refractivity contribution in [3.63, 3.8) is 0 Å². The van der Waals surface area contributed by atoms with Crippen molar-refractivity contribution in [2.24, 2.45) is 12.5 Å². The van der Waals surface area contributed by atoms with Gasteiger partial charge in [0.1, 0.15) is 5.69 Å². The van der Waals surface area contributed by atoms with Gasteiger partial charge in [-0.15, -0.1) is 0 Å². The molecule has 1 amide bonds. The van der Waals surface area contributed by atoms with Crippen LogP contribution in [0.15, 0.2) is 12.5 Å². The van der Waals surface area contributed by atoms with Gasteiger partial charge >= 0.3 is 0 Å². The number of imidazole rings is 1. The molecular weight excluding hydrogens is 252 g/mol. The zero-order valence-corrected chi connectivity index (χ0v) is 12.4. The summed E-state index contributed by atoms with van der Waals surface area (Å²) in [5.74, 6) is 0.0720. The number of carbonyl (C=O) groups is 1. The summed E-state index contributed by atoms with van der Waals surface area (Å²) < 4.78 is 1.82. The van der Waals surface area contributed by atoms with Gasteiger partial charge in [-0.2, -0.15) is 0 Å². The Morgan fingerprint density at radius 3 is 2.70 bits per heavy atom. The van der Waals surface area contributed by atoms with Crippen LogP contribution in [0.25, 0.3) is 0 Å². The molecule has 0 aromatic carbocycles. The lowest BCUT2D eigenvalue weighted by atomic mass is 9.80. The summed E-state index contributed by atoms with van der Waals surface area (Å²) >= 11 is 0. The predicted octanol–water partition coefficient (Wildman–Crippen LogP) is 1.41. The van der Waals surface area contributed by atoms with Crippen molar-refractivity contribution in [3.8, 4) is 0 Å². The minimum atomic E-state index is 0.0720. The van der Waals surface area contributed by atoms with E-state index in [0.717, 1.165) is 38.5 Å². The Morgan fingerprint density at radius 1 is 1.45 bits per heavy atom. The molecule has 5 heteroatoms. The standard InChI is InChI=1S/C15H24N4O/c1-15(10-16-12-3-4-12)5-7-19(8-6-15)14(20)13-9-18(2)11-17-13/h9,11-12,16H,3-8,10H2,1-2H3. The molecule has 5 nitrogen and oxygen atoms in total. The van der Waals surface area contributed by atoms with Gasteiger partial charge in [0.05, 0.1) is 6.33 Å². The summed E-state index contributed by atoms with van der Waals surface area (Å²) in [4.78, 5) is 18.4. The number of hydrogen-bond donors (Lipinski definition) is 1. The summed E-state index contributed by atoms with van der Waals surface area (Å²) in [6.45, 7) is 5.12. The Kier molecular flexibility index (Phi) is 3.54. The van der Waals surface area contributed by atoms with Crippen LogP contribution in [-0.4, -0.2) is 46.0 Å². The first-order chi connectivity index (χ1) is 9.56. The molecule has 0 unspecified atom stereocenters. The Morgan fingerprint density at radius 2 is 2.15 bits per heavy atom. The fourth-order valence-electron chi connectivity index (χ4n) is 2.79. The van der Waals surface area contributed by atoms with Crippen molar-refractivity contribution in [1.29, 1.82) is 0 Å². The topological polar surface area (TPSA) is 50.2 Å². The molecule has 1 aliphatic heterocycles. The van der Waals surface area contributed by atoms with Gasteiger partial charge in [-0.3, -0.25) is 4.79 Å². The van der Waals surface area contributed by atoms with Crippen LogP contribution in [0, 0.1) is 5.41 Å².